The minimum absolute atomic E-state index is 0.154. The fourth-order valence-corrected chi connectivity index (χ4v) is 10.5. The van der Waals surface area contributed by atoms with E-state index in [9.17, 15) is 38.4 Å². The first-order valence-electron chi connectivity index (χ1n) is 31.4. The number of rotatable bonds is 16. The van der Waals surface area contributed by atoms with Crippen LogP contribution in [0.15, 0.2) is 303 Å². The van der Waals surface area contributed by atoms with Crippen molar-refractivity contribution in [3.63, 3.8) is 0 Å². The van der Waals surface area contributed by atoms with Crippen LogP contribution in [0.3, 0.4) is 0 Å². The first-order valence-corrected chi connectivity index (χ1v) is 31.4. The summed E-state index contributed by atoms with van der Waals surface area (Å²) in [4.78, 5) is 119. The Morgan fingerprint density at radius 2 is 0.327 bits per heavy atom. The molecule has 11 aromatic rings. The molecule has 16 heteroatoms. The van der Waals surface area contributed by atoms with Gasteiger partial charge in [-0.2, -0.15) is 0 Å². The SMILES string of the molecule is CN(C(=O)c1cc(C(=O)N(C)c2ccccc2)cc(C(=O)N(C)c2ccccc2)c1)c1ccccc1.CN(C(=O)c1ccc(C(=O)N(C)c2ccccc2)c(C(=O)N(C)c2ccccc2)c1)c1ccccc1.CN(C(=O)c1ccccc1C(=O)N(C)c1ccccc1)c1ccccc1. The lowest BCUT2D eigenvalue weighted by molar-refractivity contribution is 0.0958. The second-order valence-corrected chi connectivity index (χ2v) is 22.7. The summed E-state index contributed by atoms with van der Waals surface area (Å²) >= 11 is 0. The van der Waals surface area contributed by atoms with Crippen LogP contribution in [-0.4, -0.2) is 104 Å². The van der Waals surface area contributed by atoms with E-state index in [-0.39, 0.29) is 75.1 Å². The van der Waals surface area contributed by atoms with Gasteiger partial charge in [0.15, 0.2) is 0 Å². The van der Waals surface area contributed by atoms with Crippen LogP contribution in [0.1, 0.15) is 82.9 Å². The largest absolute Gasteiger partial charge is 0.311 e. The molecule has 8 amide bonds. The molecule has 0 bridgehead atoms. The van der Waals surface area contributed by atoms with Gasteiger partial charge in [0.05, 0.1) is 22.3 Å². The van der Waals surface area contributed by atoms with Crippen LogP contribution in [0.2, 0.25) is 0 Å². The van der Waals surface area contributed by atoms with Crippen LogP contribution in [-0.2, 0) is 0 Å². The summed E-state index contributed by atoms with van der Waals surface area (Å²) in [5.74, 6) is -2.43. The average molecular weight is 1300 g/mol. The summed E-state index contributed by atoms with van der Waals surface area (Å²) in [7, 11) is 13.4. The van der Waals surface area contributed by atoms with E-state index in [1.54, 1.807) is 121 Å². The smallest absolute Gasteiger partial charge is 0.258 e. The molecule has 11 rings (SSSR count). The molecule has 490 valence electrons. The molecule has 0 heterocycles. The van der Waals surface area contributed by atoms with Gasteiger partial charge in [-0.25, -0.2) is 0 Å². The second-order valence-electron chi connectivity index (χ2n) is 22.7. The molecule has 0 aliphatic rings. The van der Waals surface area contributed by atoms with E-state index in [0.29, 0.717) is 45.1 Å². The lowest BCUT2D eigenvalue weighted by Gasteiger charge is -2.23. The van der Waals surface area contributed by atoms with E-state index < -0.39 is 0 Å². The zero-order valence-corrected chi connectivity index (χ0v) is 55.7. The highest BCUT2D eigenvalue weighted by Crippen LogP contribution is 2.28. The quantitative estimate of drug-likeness (QED) is 0.0923. The number of amides is 8. The first kappa shape index (κ1) is 69.5. The van der Waals surface area contributed by atoms with E-state index in [2.05, 4.69) is 0 Å². The third-order valence-corrected chi connectivity index (χ3v) is 16.4. The van der Waals surface area contributed by atoms with Gasteiger partial charge >= 0.3 is 0 Å². The van der Waals surface area contributed by atoms with Crippen molar-refractivity contribution >= 4 is 92.8 Å². The Hall–Kier alpha value is -12.8. The number of anilines is 8. The molecule has 0 aromatic heterocycles. The van der Waals surface area contributed by atoms with Gasteiger partial charge in [-0.05, 0) is 146 Å². The minimum atomic E-state index is -0.386. The van der Waals surface area contributed by atoms with Crippen molar-refractivity contribution in [1.82, 2.24) is 0 Å². The van der Waals surface area contributed by atoms with Gasteiger partial charge in [0, 0.05) is 124 Å². The van der Waals surface area contributed by atoms with Gasteiger partial charge in [0.1, 0.15) is 0 Å². The van der Waals surface area contributed by atoms with Crippen molar-refractivity contribution in [2.75, 3.05) is 95.6 Å². The Morgan fingerprint density at radius 3 is 0.541 bits per heavy atom. The summed E-state index contributed by atoms with van der Waals surface area (Å²) in [6.45, 7) is 0. The number of para-hydroxylation sites is 8. The number of hydrogen-bond donors (Lipinski definition) is 0. The van der Waals surface area contributed by atoms with Crippen LogP contribution in [0, 0.1) is 0 Å². The van der Waals surface area contributed by atoms with Crippen LogP contribution in [0.25, 0.3) is 0 Å². The fourth-order valence-electron chi connectivity index (χ4n) is 10.5. The number of hydrogen-bond acceptors (Lipinski definition) is 8. The van der Waals surface area contributed by atoms with Crippen LogP contribution in [0.5, 0.6) is 0 Å². The molecule has 0 unspecified atom stereocenters. The zero-order valence-electron chi connectivity index (χ0n) is 55.7. The molecule has 0 spiro atoms. The molecule has 11 aromatic carbocycles. The Morgan fingerprint density at radius 1 is 0.163 bits per heavy atom. The molecular weight excluding hydrogens is 1220 g/mol. The molecule has 0 radical (unpaired) electrons. The van der Waals surface area contributed by atoms with Crippen molar-refractivity contribution in [1.29, 1.82) is 0 Å². The van der Waals surface area contributed by atoms with E-state index in [1.807, 2.05) is 243 Å². The predicted octanol–water partition coefficient (Wildman–Crippen LogP) is 15.3. The molecule has 0 N–H and O–H groups in total. The van der Waals surface area contributed by atoms with E-state index in [1.165, 1.54) is 35.5 Å². The highest BCUT2D eigenvalue weighted by molar-refractivity contribution is 6.19. The van der Waals surface area contributed by atoms with Crippen LogP contribution in [0.4, 0.5) is 45.5 Å². The van der Waals surface area contributed by atoms with Gasteiger partial charge in [-0.1, -0.05) is 158 Å². The summed E-state index contributed by atoms with van der Waals surface area (Å²) in [5, 5.41) is 0. The zero-order chi connectivity index (χ0) is 69.8. The third kappa shape index (κ3) is 16.7. The fraction of sp³-hybridized carbons (Fsp3) is 0.0976. The molecule has 0 aliphatic carbocycles. The Balaban J connectivity index is 0.000000175. The van der Waals surface area contributed by atoms with Crippen molar-refractivity contribution in [3.05, 3.63) is 348 Å². The molecule has 0 aliphatic heterocycles. The second kappa shape index (κ2) is 32.8. The molecule has 0 saturated heterocycles. The first-order chi connectivity index (χ1) is 47.3. The summed E-state index contributed by atoms with van der Waals surface area (Å²) < 4.78 is 0. The number of carbonyl (C=O) groups excluding carboxylic acids is 8. The normalized spacial score (nSPS) is 10.4. The molecule has 16 nitrogen and oxygen atoms in total. The van der Waals surface area contributed by atoms with Gasteiger partial charge in [0.25, 0.3) is 47.3 Å². The Kier molecular flexibility index (Phi) is 23.3. The number of nitrogens with zero attached hydrogens (tertiary/aromatic N) is 8. The molecule has 0 fully saturated rings. The number of benzene rings is 11. The summed E-state index contributed by atoms with van der Waals surface area (Å²) in [6, 6.07) is 90.2. The Bertz CT molecular complexity index is 4310. The molecule has 0 atom stereocenters. The number of carbonyl (C=O) groups is 8. The van der Waals surface area contributed by atoms with E-state index >= 15 is 0 Å². The van der Waals surface area contributed by atoms with Gasteiger partial charge in [-0.3, -0.25) is 38.4 Å². The van der Waals surface area contributed by atoms with Crippen molar-refractivity contribution < 1.29 is 38.4 Å². The van der Waals surface area contributed by atoms with Crippen molar-refractivity contribution in [2.45, 2.75) is 0 Å². The molecule has 0 saturated carbocycles. The Labute approximate surface area is 571 Å². The predicted molar refractivity (Wildman–Crippen MR) is 393 cm³/mol. The molecule has 98 heavy (non-hydrogen) atoms. The van der Waals surface area contributed by atoms with Crippen LogP contribution < -0.4 is 39.2 Å². The minimum Gasteiger partial charge on any atom is -0.311 e. The monoisotopic (exact) mass is 1300 g/mol. The van der Waals surface area contributed by atoms with Crippen LogP contribution >= 0.6 is 0 Å². The van der Waals surface area contributed by atoms with Gasteiger partial charge in [-0.15, -0.1) is 0 Å². The van der Waals surface area contributed by atoms with Gasteiger partial charge in [0.2, 0.25) is 0 Å². The van der Waals surface area contributed by atoms with Crippen molar-refractivity contribution in [3.8, 4) is 0 Å². The van der Waals surface area contributed by atoms with Crippen molar-refractivity contribution in [2.24, 2.45) is 0 Å². The van der Waals surface area contributed by atoms with Gasteiger partial charge < -0.3 is 39.2 Å². The topological polar surface area (TPSA) is 162 Å². The van der Waals surface area contributed by atoms with E-state index in [4.69, 9.17) is 0 Å². The standard InChI is InChI=1S/2C30H27N3O3.C22H20N2O2/c1-31(25-13-7-4-8-14-25)28(34)22-19-23(29(35)32(2)26-15-9-5-10-16-26)21-24(20-22)30(36)33(3)27-17-11-6-12-18-27;1-31(23-13-7-4-8-14-23)28(34)22-19-20-26(29(35)32(2)24-15-9-5-10-16-24)27(21-22)30(36)33(3)25-17-11-6-12-18-25;1-23(17-11-5-3-6-12-17)21(25)19-15-9-10-16-20(19)22(26)24(2)18-13-7-4-8-14-18/h2*4-21H,1-3H3;3-16H,1-2H3. The highest BCUT2D eigenvalue weighted by Gasteiger charge is 2.28. The summed E-state index contributed by atoms with van der Waals surface area (Å²) in [6.07, 6.45) is 0. The maximum absolute atomic E-state index is 13.7. The highest BCUT2D eigenvalue weighted by atomic mass is 16.2. The summed E-state index contributed by atoms with van der Waals surface area (Å²) in [5.41, 5.74) is 7.94. The lowest BCUT2D eigenvalue weighted by Crippen LogP contribution is -2.33. The van der Waals surface area contributed by atoms with E-state index in [0.717, 1.165) is 17.1 Å². The maximum atomic E-state index is 13.7. The average Bonchev–Trinajstić information content (AvgIpc) is 0.809. The maximum Gasteiger partial charge on any atom is 0.258 e. The molecular formula is C82H74N8O8. The lowest BCUT2D eigenvalue weighted by atomic mass is 10.00. The third-order valence-electron chi connectivity index (χ3n) is 16.4.